The predicted octanol–water partition coefficient (Wildman–Crippen LogP) is 2.27. The van der Waals surface area contributed by atoms with Crippen molar-refractivity contribution in [2.24, 2.45) is 5.73 Å². The summed E-state index contributed by atoms with van der Waals surface area (Å²) in [5, 5.41) is 7.22. The van der Waals surface area contributed by atoms with E-state index in [9.17, 15) is 4.79 Å². The number of rotatable bonds is 6. The lowest BCUT2D eigenvalue weighted by Crippen LogP contribution is -2.24. The molecule has 0 atom stereocenters. The summed E-state index contributed by atoms with van der Waals surface area (Å²) in [5.41, 5.74) is 8.81. The average molecular weight is 336 g/mol. The van der Waals surface area contributed by atoms with Crippen LogP contribution in [-0.4, -0.2) is 22.8 Å². The van der Waals surface area contributed by atoms with Crippen LogP contribution in [0.1, 0.15) is 21.5 Å². The molecule has 3 N–H and O–H groups in total. The van der Waals surface area contributed by atoms with E-state index < -0.39 is 0 Å². The molecule has 1 aromatic heterocycles. The molecule has 3 aromatic rings. The minimum absolute atomic E-state index is 0.156. The fourth-order valence-electron chi connectivity index (χ4n) is 2.48. The SMILES string of the molecule is COc1ccc(CNC(=O)c2ccccc2-n2cc(CN)cn2)cc1. The average Bonchev–Trinajstić information content (AvgIpc) is 3.15. The third-order valence-corrected chi connectivity index (χ3v) is 3.88. The number of amides is 1. The largest absolute Gasteiger partial charge is 0.497 e. The highest BCUT2D eigenvalue weighted by Gasteiger charge is 2.13. The number of nitrogens with one attached hydrogen (secondary N) is 1. The first kappa shape index (κ1) is 16.7. The third kappa shape index (κ3) is 3.87. The van der Waals surface area contributed by atoms with Crippen LogP contribution in [-0.2, 0) is 13.1 Å². The first-order chi connectivity index (χ1) is 12.2. The van der Waals surface area contributed by atoms with Gasteiger partial charge in [0.15, 0.2) is 0 Å². The number of methoxy groups -OCH3 is 1. The lowest BCUT2D eigenvalue weighted by Gasteiger charge is -2.10. The predicted molar refractivity (Wildman–Crippen MR) is 95.6 cm³/mol. The van der Waals surface area contributed by atoms with Crippen LogP contribution in [0.2, 0.25) is 0 Å². The number of carbonyl (C=O) groups is 1. The molecule has 25 heavy (non-hydrogen) atoms. The van der Waals surface area contributed by atoms with Crippen LogP contribution < -0.4 is 15.8 Å². The van der Waals surface area contributed by atoms with Gasteiger partial charge in [-0.3, -0.25) is 4.79 Å². The molecule has 0 saturated heterocycles. The number of para-hydroxylation sites is 1. The van der Waals surface area contributed by atoms with Gasteiger partial charge < -0.3 is 15.8 Å². The van der Waals surface area contributed by atoms with Crippen molar-refractivity contribution in [3.63, 3.8) is 0 Å². The maximum atomic E-state index is 12.6. The summed E-state index contributed by atoms with van der Waals surface area (Å²) in [7, 11) is 1.62. The molecule has 0 bridgehead atoms. The van der Waals surface area contributed by atoms with E-state index in [1.807, 2.05) is 48.7 Å². The quantitative estimate of drug-likeness (QED) is 0.723. The smallest absolute Gasteiger partial charge is 0.253 e. The molecule has 0 radical (unpaired) electrons. The molecule has 2 aromatic carbocycles. The maximum Gasteiger partial charge on any atom is 0.253 e. The van der Waals surface area contributed by atoms with Gasteiger partial charge in [-0.2, -0.15) is 5.10 Å². The van der Waals surface area contributed by atoms with Gasteiger partial charge in [-0.1, -0.05) is 24.3 Å². The van der Waals surface area contributed by atoms with Crippen molar-refractivity contribution in [1.82, 2.24) is 15.1 Å². The number of nitrogens with zero attached hydrogens (tertiary/aromatic N) is 2. The summed E-state index contributed by atoms with van der Waals surface area (Å²) in [6.07, 6.45) is 3.53. The van der Waals surface area contributed by atoms with Crippen LogP contribution in [0.15, 0.2) is 60.9 Å². The van der Waals surface area contributed by atoms with Crippen LogP contribution in [0.25, 0.3) is 5.69 Å². The van der Waals surface area contributed by atoms with Crippen LogP contribution in [0.5, 0.6) is 5.75 Å². The molecule has 1 heterocycles. The Hall–Kier alpha value is -3.12. The van der Waals surface area contributed by atoms with Gasteiger partial charge in [-0.25, -0.2) is 4.68 Å². The third-order valence-electron chi connectivity index (χ3n) is 3.88. The van der Waals surface area contributed by atoms with Gasteiger partial charge >= 0.3 is 0 Å². The minimum atomic E-state index is -0.156. The van der Waals surface area contributed by atoms with Crippen LogP contribution >= 0.6 is 0 Å². The van der Waals surface area contributed by atoms with E-state index in [-0.39, 0.29) is 5.91 Å². The number of hydrogen-bond acceptors (Lipinski definition) is 4. The van der Waals surface area contributed by atoms with Gasteiger partial charge in [0.1, 0.15) is 5.75 Å². The Labute approximate surface area is 146 Å². The van der Waals surface area contributed by atoms with Crippen LogP contribution in [0, 0.1) is 0 Å². The molecule has 0 aliphatic carbocycles. The van der Waals surface area contributed by atoms with Crippen molar-refractivity contribution in [3.8, 4) is 11.4 Å². The molecule has 0 aliphatic rings. The Morgan fingerprint density at radius 3 is 2.60 bits per heavy atom. The standard InChI is InChI=1S/C19H20N4O2/c1-25-16-8-6-14(7-9-16)11-21-19(24)17-4-2-3-5-18(17)23-13-15(10-20)12-22-23/h2-9,12-13H,10-11,20H2,1H3,(H,21,24). The summed E-state index contributed by atoms with van der Waals surface area (Å²) in [5.74, 6) is 0.631. The molecular formula is C19H20N4O2. The molecule has 0 fully saturated rings. The first-order valence-electron chi connectivity index (χ1n) is 7.95. The van der Waals surface area contributed by atoms with E-state index in [0.29, 0.717) is 18.7 Å². The van der Waals surface area contributed by atoms with Crippen molar-refractivity contribution in [2.45, 2.75) is 13.1 Å². The number of carbonyl (C=O) groups excluding carboxylic acids is 1. The fourth-order valence-corrected chi connectivity index (χ4v) is 2.48. The Morgan fingerprint density at radius 2 is 1.92 bits per heavy atom. The van der Waals surface area contributed by atoms with E-state index in [1.165, 1.54) is 0 Å². The van der Waals surface area contributed by atoms with Crippen LogP contribution in [0.4, 0.5) is 0 Å². The highest BCUT2D eigenvalue weighted by molar-refractivity contribution is 5.97. The zero-order valence-electron chi connectivity index (χ0n) is 14.0. The lowest BCUT2D eigenvalue weighted by molar-refractivity contribution is 0.0951. The van der Waals surface area contributed by atoms with E-state index in [2.05, 4.69) is 10.4 Å². The Kier molecular flexibility index (Phi) is 5.11. The Balaban J connectivity index is 1.75. The number of nitrogens with two attached hydrogens (primary N) is 1. The van der Waals surface area contributed by atoms with Crippen molar-refractivity contribution in [3.05, 3.63) is 77.6 Å². The van der Waals surface area contributed by atoms with Gasteiger partial charge in [0.2, 0.25) is 0 Å². The van der Waals surface area contributed by atoms with E-state index in [4.69, 9.17) is 10.5 Å². The van der Waals surface area contributed by atoms with E-state index >= 15 is 0 Å². The maximum absolute atomic E-state index is 12.6. The molecule has 128 valence electrons. The topological polar surface area (TPSA) is 82.2 Å². The second-order valence-corrected chi connectivity index (χ2v) is 5.55. The fraction of sp³-hybridized carbons (Fsp3) is 0.158. The molecule has 6 nitrogen and oxygen atoms in total. The summed E-state index contributed by atoms with van der Waals surface area (Å²) < 4.78 is 6.81. The number of hydrogen-bond donors (Lipinski definition) is 2. The zero-order valence-corrected chi connectivity index (χ0v) is 14.0. The van der Waals surface area contributed by atoms with Crippen molar-refractivity contribution >= 4 is 5.91 Å². The normalized spacial score (nSPS) is 10.5. The summed E-state index contributed by atoms with van der Waals surface area (Å²) in [6, 6.07) is 14.9. The van der Waals surface area contributed by atoms with Crippen LogP contribution in [0.3, 0.4) is 0 Å². The second-order valence-electron chi connectivity index (χ2n) is 5.55. The molecule has 0 spiro atoms. The zero-order chi connectivity index (χ0) is 17.6. The number of benzene rings is 2. The lowest BCUT2D eigenvalue weighted by atomic mass is 10.1. The molecule has 6 heteroatoms. The summed E-state index contributed by atoms with van der Waals surface area (Å²) >= 11 is 0. The van der Waals surface area contributed by atoms with Crippen molar-refractivity contribution in [1.29, 1.82) is 0 Å². The summed E-state index contributed by atoms with van der Waals surface area (Å²) in [6.45, 7) is 0.843. The monoisotopic (exact) mass is 336 g/mol. The molecule has 0 saturated carbocycles. The van der Waals surface area contributed by atoms with Crippen molar-refractivity contribution < 1.29 is 9.53 Å². The van der Waals surface area contributed by atoms with Gasteiger partial charge in [-0.15, -0.1) is 0 Å². The molecular weight excluding hydrogens is 316 g/mol. The molecule has 1 amide bonds. The van der Waals surface area contributed by atoms with Gasteiger partial charge in [-0.05, 0) is 29.8 Å². The highest BCUT2D eigenvalue weighted by atomic mass is 16.5. The second kappa shape index (κ2) is 7.63. The number of ether oxygens (including phenoxy) is 1. The molecule has 3 rings (SSSR count). The first-order valence-corrected chi connectivity index (χ1v) is 7.95. The van der Waals surface area contributed by atoms with Gasteiger partial charge in [0, 0.05) is 24.8 Å². The Bertz CT molecular complexity index is 856. The van der Waals surface area contributed by atoms with Gasteiger partial charge in [0.05, 0.1) is 24.6 Å². The van der Waals surface area contributed by atoms with Crippen molar-refractivity contribution in [2.75, 3.05) is 7.11 Å². The van der Waals surface area contributed by atoms with Gasteiger partial charge in [0.25, 0.3) is 5.91 Å². The van der Waals surface area contributed by atoms with E-state index in [0.717, 1.165) is 22.6 Å². The highest BCUT2D eigenvalue weighted by Crippen LogP contribution is 2.15. The van der Waals surface area contributed by atoms with E-state index in [1.54, 1.807) is 24.1 Å². The Morgan fingerprint density at radius 1 is 1.16 bits per heavy atom. The summed E-state index contributed by atoms with van der Waals surface area (Å²) in [4.78, 5) is 12.6. The minimum Gasteiger partial charge on any atom is -0.497 e. The molecule has 0 aliphatic heterocycles. The number of aromatic nitrogens is 2. The molecule has 0 unspecified atom stereocenters.